The molecule has 1 heterocycles. The lowest BCUT2D eigenvalue weighted by Crippen LogP contribution is -2.33. The number of nitrogens with two attached hydrogens (primary N) is 1. The molecule has 6 nitrogen and oxygen atoms in total. The van der Waals surface area contributed by atoms with E-state index < -0.39 is 0 Å². The predicted octanol–water partition coefficient (Wildman–Crippen LogP) is 1.11. The molecule has 1 aliphatic rings. The van der Waals surface area contributed by atoms with Crippen LogP contribution in [-0.2, 0) is 0 Å². The normalized spacial score (nSPS) is 17.6. The fourth-order valence-electron chi connectivity index (χ4n) is 1.97. The molecule has 1 fully saturated rings. The molecule has 0 spiro atoms. The molecular weight excluding hydrogens is 230 g/mol. The van der Waals surface area contributed by atoms with E-state index in [0.29, 0.717) is 17.7 Å². The van der Waals surface area contributed by atoms with Crippen molar-refractivity contribution in [3.8, 4) is 0 Å². The summed E-state index contributed by atoms with van der Waals surface area (Å²) in [6, 6.07) is 2.11. The smallest absolute Gasteiger partial charge is 0.226 e. The van der Waals surface area contributed by atoms with Crippen molar-refractivity contribution in [2.45, 2.75) is 32.7 Å². The van der Waals surface area contributed by atoms with Gasteiger partial charge in [-0.1, -0.05) is 5.16 Å². The third-order valence-electron chi connectivity index (χ3n) is 3.44. The average Bonchev–Trinajstić information content (AvgIpc) is 3.19. The van der Waals surface area contributed by atoms with Gasteiger partial charge in [0.1, 0.15) is 5.69 Å². The first-order valence-electron chi connectivity index (χ1n) is 6.09. The Hall–Kier alpha value is -1.85. The van der Waals surface area contributed by atoms with Gasteiger partial charge < -0.3 is 15.8 Å². The highest BCUT2D eigenvalue weighted by Gasteiger charge is 2.31. The lowest BCUT2D eigenvalue weighted by Gasteiger charge is -2.25. The third-order valence-corrected chi connectivity index (χ3v) is 3.44. The van der Waals surface area contributed by atoms with Crippen molar-refractivity contribution in [3.63, 3.8) is 0 Å². The third kappa shape index (κ3) is 2.52. The van der Waals surface area contributed by atoms with Crippen molar-refractivity contribution in [1.29, 1.82) is 0 Å². The summed E-state index contributed by atoms with van der Waals surface area (Å²) in [5, 5.41) is 11.7. The zero-order valence-electron chi connectivity index (χ0n) is 11.0. The molecule has 6 heteroatoms. The van der Waals surface area contributed by atoms with Gasteiger partial charge in [-0.05, 0) is 38.7 Å². The lowest BCUT2D eigenvalue weighted by molar-refractivity contribution is 0.318. The summed E-state index contributed by atoms with van der Waals surface area (Å²) in [7, 11) is 1.98. The highest BCUT2D eigenvalue weighted by atomic mass is 16.4. The summed E-state index contributed by atoms with van der Waals surface area (Å²) in [4.78, 5) is 10.8. The van der Waals surface area contributed by atoms with Gasteiger partial charge in [-0.2, -0.15) is 0 Å². The van der Waals surface area contributed by atoms with Crippen LogP contribution in [0.5, 0.6) is 0 Å². The highest BCUT2D eigenvalue weighted by molar-refractivity contribution is 5.95. The van der Waals surface area contributed by atoms with Gasteiger partial charge in [-0.3, -0.25) is 0 Å². The maximum absolute atomic E-state index is 8.70. The van der Waals surface area contributed by atoms with Gasteiger partial charge in [0.25, 0.3) is 0 Å². The molecule has 1 unspecified atom stereocenters. The van der Waals surface area contributed by atoms with E-state index in [4.69, 9.17) is 10.9 Å². The van der Waals surface area contributed by atoms with E-state index in [1.807, 2.05) is 14.0 Å². The molecule has 0 aliphatic heterocycles. The summed E-state index contributed by atoms with van der Waals surface area (Å²) in [6.45, 7) is 4.04. The molecule has 0 saturated heterocycles. The largest absolute Gasteiger partial charge is 0.409 e. The molecule has 1 aromatic rings. The number of oxime groups is 1. The van der Waals surface area contributed by atoms with Crippen molar-refractivity contribution < 1.29 is 5.21 Å². The van der Waals surface area contributed by atoms with Gasteiger partial charge in [-0.15, -0.1) is 0 Å². The minimum Gasteiger partial charge on any atom is -0.409 e. The van der Waals surface area contributed by atoms with Crippen LogP contribution in [0.1, 0.15) is 31.2 Å². The number of nitrogens with zero attached hydrogens (tertiary/aromatic N) is 4. The Kier molecular flexibility index (Phi) is 3.36. The zero-order valence-corrected chi connectivity index (χ0v) is 11.0. The number of amidine groups is 1. The van der Waals surface area contributed by atoms with E-state index in [-0.39, 0.29) is 5.84 Å². The van der Waals surface area contributed by atoms with Gasteiger partial charge in [0.15, 0.2) is 5.84 Å². The van der Waals surface area contributed by atoms with E-state index >= 15 is 0 Å². The lowest BCUT2D eigenvalue weighted by atomic mass is 10.2. The van der Waals surface area contributed by atoms with Crippen LogP contribution in [0.3, 0.4) is 0 Å². The van der Waals surface area contributed by atoms with E-state index in [1.165, 1.54) is 12.8 Å². The second-order valence-corrected chi connectivity index (χ2v) is 4.87. The number of aryl methyl sites for hydroxylation is 1. The summed E-state index contributed by atoms with van der Waals surface area (Å²) < 4.78 is 0. The molecule has 1 saturated carbocycles. The first-order valence-corrected chi connectivity index (χ1v) is 6.09. The average molecular weight is 249 g/mol. The molecule has 0 radical (unpaired) electrons. The topological polar surface area (TPSA) is 87.6 Å². The van der Waals surface area contributed by atoms with Crippen LogP contribution in [-0.4, -0.2) is 34.1 Å². The van der Waals surface area contributed by atoms with Gasteiger partial charge >= 0.3 is 0 Å². The second kappa shape index (κ2) is 4.80. The molecule has 0 amide bonds. The van der Waals surface area contributed by atoms with Crippen LogP contribution in [0.4, 0.5) is 5.95 Å². The molecule has 18 heavy (non-hydrogen) atoms. The predicted molar refractivity (Wildman–Crippen MR) is 69.9 cm³/mol. The minimum absolute atomic E-state index is 0.00854. The van der Waals surface area contributed by atoms with E-state index in [2.05, 4.69) is 26.9 Å². The molecule has 1 aliphatic carbocycles. The fourth-order valence-corrected chi connectivity index (χ4v) is 1.97. The van der Waals surface area contributed by atoms with Crippen LogP contribution in [0, 0.1) is 12.8 Å². The molecule has 3 N–H and O–H groups in total. The van der Waals surface area contributed by atoms with Crippen LogP contribution in [0.15, 0.2) is 11.2 Å². The maximum Gasteiger partial charge on any atom is 0.226 e. The molecule has 2 rings (SSSR count). The molecule has 0 aromatic carbocycles. The molecule has 98 valence electrons. The van der Waals surface area contributed by atoms with Crippen LogP contribution >= 0.6 is 0 Å². The number of hydrogen-bond acceptors (Lipinski definition) is 5. The summed E-state index contributed by atoms with van der Waals surface area (Å²) in [5.41, 5.74) is 6.83. The van der Waals surface area contributed by atoms with Crippen molar-refractivity contribution in [1.82, 2.24) is 9.97 Å². The van der Waals surface area contributed by atoms with Gasteiger partial charge in [-0.25, -0.2) is 9.97 Å². The second-order valence-electron chi connectivity index (χ2n) is 4.87. The number of rotatable bonds is 4. The first-order chi connectivity index (χ1) is 8.52. The Morgan fingerprint density at radius 2 is 2.22 bits per heavy atom. The van der Waals surface area contributed by atoms with E-state index in [9.17, 15) is 0 Å². The van der Waals surface area contributed by atoms with Gasteiger partial charge in [0.05, 0.1) is 0 Å². The summed E-state index contributed by atoms with van der Waals surface area (Å²) in [6.07, 6.45) is 2.54. The first kappa shape index (κ1) is 12.6. The minimum atomic E-state index is 0.00854. The number of anilines is 1. The van der Waals surface area contributed by atoms with Gasteiger partial charge in [0, 0.05) is 18.8 Å². The number of aromatic nitrogens is 2. The summed E-state index contributed by atoms with van der Waals surface area (Å²) >= 11 is 0. The molecule has 0 bridgehead atoms. The quantitative estimate of drug-likeness (QED) is 0.361. The van der Waals surface area contributed by atoms with Crippen LogP contribution < -0.4 is 10.6 Å². The highest BCUT2D eigenvalue weighted by Crippen LogP contribution is 2.35. The SMILES string of the molecule is Cc1cc(/C(N)=N/O)nc(N(C)C(C)C2CC2)n1. The monoisotopic (exact) mass is 249 g/mol. The molecule has 1 aromatic heterocycles. The maximum atomic E-state index is 8.70. The molecule has 1 atom stereocenters. The van der Waals surface area contributed by atoms with Crippen molar-refractivity contribution in [2.75, 3.05) is 11.9 Å². The van der Waals surface area contributed by atoms with Crippen molar-refractivity contribution in [3.05, 3.63) is 17.5 Å². The standard InChI is InChI=1S/C12H19N5O/c1-7-6-10(11(13)16-18)15-12(14-7)17(3)8(2)9-4-5-9/h6,8-9,18H,4-5H2,1-3H3,(H2,13,16). The number of hydrogen-bond donors (Lipinski definition) is 2. The summed E-state index contributed by atoms with van der Waals surface area (Å²) in [5.74, 6) is 1.36. The Morgan fingerprint density at radius 3 is 2.78 bits per heavy atom. The Labute approximate surface area is 107 Å². The Morgan fingerprint density at radius 1 is 1.56 bits per heavy atom. The van der Waals surface area contributed by atoms with E-state index in [0.717, 1.165) is 11.6 Å². The van der Waals surface area contributed by atoms with Crippen LogP contribution in [0.2, 0.25) is 0 Å². The Bertz CT molecular complexity index is 470. The van der Waals surface area contributed by atoms with Crippen molar-refractivity contribution in [2.24, 2.45) is 16.8 Å². The zero-order chi connectivity index (χ0) is 13.3. The van der Waals surface area contributed by atoms with Crippen molar-refractivity contribution >= 4 is 11.8 Å². The fraction of sp³-hybridized carbons (Fsp3) is 0.583. The van der Waals surface area contributed by atoms with Crippen LogP contribution in [0.25, 0.3) is 0 Å². The van der Waals surface area contributed by atoms with Gasteiger partial charge in [0.2, 0.25) is 5.95 Å². The Balaban J connectivity index is 2.29. The van der Waals surface area contributed by atoms with E-state index in [1.54, 1.807) is 6.07 Å². The molecular formula is C12H19N5O.